The van der Waals surface area contributed by atoms with Crippen LogP contribution in [0.15, 0.2) is 33.9 Å². The molecule has 0 saturated carbocycles. The van der Waals surface area contributed by atoms with Crippen molar-refractivity contribution in [2.75, 3.05) is 19.3 Å². The van der Waals surface area contributed by atoms with Crippen molar-refractivity contribution in [3.63, 3.8) is 0 Å². The molecule has 0 spiro atoms. The van der Waals surface area contributed by atoms with Crippen molar-refractivity contribution >= 4 is 23.4 Å². The predicted molar refractivity (Wildman–Crippen MR) is 124 cm³/mol. The standard InChI is InChI=1S/C23H24FN7O2S/c1-13-18(14(2)31-22(25-13)27-23(28-31)34-3)11-19(32)30-9-5-7-16(12-30)21-26-20(29-33-21)15-6-4-8-17(24)10-15/h4,6,8,10,16H,5,7,9,11-12H2,1-3H3. The second kappa shape index (κ2) is 9.13. The number of hydrogen-bond acceptors (Lipinski definition) is 8. The molecule has 1 atom stereocenters. The number of benzene rings is 1. The first-order valence-electron chi connectivity index (χ1n) is 11.1. The molecule has 4 heterocycles. The van der Waals surface area contributed by atoms with E-state index in [1.165, 1.54) is 23.9 Å². The molecule has 4 aromatic rings. The molecule has 3 aromatic heterocycles. The Balaban J connectivity index is 1.32. The first kappa shape index (κ1) is 22.5. The van der Waals surface area contributed by atoms with E-state index in [1.807, 2.05) is 25.0 Å². The molecular weight excluding hydrogens is 457 g/mol. The van der Waals surface area contributed by atoms with Gasteiger partial charge in [-0.25, -0.2) is 13.9 Å². The van der Waals surface area contributed by atoms with Gasteiger partial charge in [-0.05, 0) is 45.1 Å². The zero-order valence-electron chi connectivity index (χ0n) is 19.2. The number of hydrogen-bond donors (Lipinski definition) is 0. The van der Waals surface area contributed by atoms with Gasteiger partial charge in [-0.15, -0.1) is 5.10 Å². The second-order valence-corrected chi connectivity index (χ2v) is 9.17. The van der Waals surface area contributed by atoms with Gasteiger partial charge in [0.25, 0.3) is 5.78 Å². The number of aromatic nitrogens is 6. The molecule has 1 unspecified atom stereocenters. The van der Waals surface area contributed by atoms with Gasteiger partial charge in [0.05, 0.1) is 12.3 Å². The Morgan fingerprint density at radius 1 is 1.26 bits per heavy atom. The number of fused-ring (bicyclic) bond motifs is 1. The van der Waals surface area contributed by atoms with Gasteiger partial charge in [-0.2, -0.15) is 9.97 Å². The van der Waals surface area contributed by atoms with Gasteiger partial charge in [-0.3, -0.25) is 4.79 Å². The second-order valence-electron chi connectivity index (χ2n) is 8.39. The zero-order chi connectivity index (χ0) is 23.8. The smallest absolute Gasteiger partial charge is 0.253 e. The number of likely N-dealkylation sites (tertiary alicyclic amines) is 1. The van der Waals surface area contributed by atoms with Crippen molar-refractivity contribution in [3.05, 3.63) is 52.9 Å². The van der Waals surface area contributed by atoms with Crippen LogP contribution in [-0.2, 0) is 11.2 Å². The fraction of sp³-hybridized carbons (Fsp3) is 0.391. The Bertz CT molecular complexity index is 1370. The molecule has 11 heteroatoms. The largest absolute Gasteiger partial charge is 0.342 e. The number of piperidine rings is 1. The summed E-state index contributed by atoms with van der Waals surface area (Å²) in [6, 6.07) is 6.09. The third-order valence-electron chi connectivity index (χ3n) is 6.19. The molecule has 176 valence electrons. The van der Waals surface area contributed by atoms with Crippen LogP contribution in [0.1, 0.15) is 41.6 Å². The van der Waals surface area contributed by atoms with Crippen LogP contribution in [0.5, 0.6) is 0 Å². The summed E-state index contributed by atoms with van der Waals surface area (Å²) in [6.45, 7) is 5.01. The van der Waals surface area contributed by atoms with Gasteiger partial charge in [-0.1, -0.05) is 29.1 Å². The van der Waals surface area contributed by atoms with Crippen LogP contribution < -0.4 is 0 Å². The van der Waals surface area contributed by atoms with Crippen molar-refractivity contribution < 1.29 is 13.7 Å². The van der Waals surface area contributed by atoms with E-state index < -0.39 is 0 Å². The van der Waals surface area contributed by atoms with E-state index in [1.54, 1.807) is 16.6 Å². The molecule has 0 bridgehead atoms. The molecule has 1 aliphatic rings. The SMILES string of the molecule is CSc1nc2nc(C)c(CC(=O)N3CCCC(c4nc(-c5cccc(F)c5)no4)C3)c(C)n2n1. The first-order chi connectivity index (χ1) is 16.4. The van der Waals surface area contributed by atoms with Crippen molar-refractivity contribution in [1.82, 2.24) is 34.6 Å². The number of nitrogens with zero attached hydrogens (tertiary/aromatic N) is 7. The van der Waals surface area contributed by atoms with Crippen molar-refractivity contribution in [2.24, 2.45) is 0 Å². The number of amides is 1. The van der Waals surface area contributed by atoms with Gasteiger partial charge in [0.15, 0.2) is 0 Å². The van der Waals surface area contributed by atoms with E-state index in [9.17, 15) is 9.18 Å². The monoisotopic (exact) mass is 481 g/mol. The van der Waals surface area contributed by atoms with Crippen molar-refractivity contribution in [2.45, 2.75) is 44.2 Å². The fourth-order valence-electron chi connectivity index (χ4n) is 4.35. The molecule has 34 heavy (non-hydrogen) atoms. The lowest BCUT2D eigenvalue weighted by Crippen LogP contribution is -2.40. The molecule has 5 rings (SSSR count). The number of rotatable bonds is 5. The maximum atomic E-state index is 13.6. The van der Waals surface area contributed by atoms with Gasteiger partial charge < -0.3 is 9.42 Å². The molecule has 0 N–H and O–H groups in total. The number of carbonyl (C=O) groups is 1. The van der Waals surface area contributed by atoms with Gasteiger partial charge in [0.2, 0.25) is 22.8 Å². The van der Waals surface area contributed by atoms with E-state index in [4.69, 9.17) is 4.52 Å². The molecular formula is C23H24FN7O2S. The predicted octanol–water partition coefficient (Wildman–Crippen LogP) is 3.60. The van der Waals surface area contributed by atoms with E-state index in [0.29, 0.717) is 41.3 Å². The fourth-order valence-corrected chi connectivity index (χ4v) is 4.68. The normalized spacial score (nSPS) is 16.4. The van der Waals surface area contributed by atoms with E-state index in [2.05, 4.69) is 25.2 Å². The summed E-state index contributed by atoms with van der Waals surface area (Å²) in [6.07, 6.45) is 3.83. The summed E-state index contributed by atoms with van der Waals surface area (Å²) in [5, 5.41) is 9.13. The molecule has 1 saturated heterocycles. The van der Waals surface area contributed by atoms with Crippen LogP contribution in [0.25, 0.3) is 17.2 Å². The molecule has 1 aliphatic heterocycles. The van der Waals surface area contributed by atoms with E-state index in [-0.39, 0.29) is 24.1 Å². The van der Waals surface area contributed by atoms with Gasteiger partial charge in [0, 0.05) is 35.6 Å². The van der Waals surface area contributed by atoms with Crippen LogP contribution in [0.4, 0.5) is 4.39 Å². The molecule has 1 fully saturated rings. The lowest BCUT2D eigenvalue weighted by molar-refractivity contribution is -0.131. The van der Waals surface area contributed by atoms with Crippen LogP contribution in [0.3, 0.4) is 0 Å². The third kappa shape index (κ3) is 4.27. The number of halogens is 1. The highest BCUT2D eigenvalue weighted by atomic mass is 32.2. The van der Waals surface area contributed by atoms with Crippen molar-refractivity contribution in [3.8, 4) is 11.4 Å². The molecule has 0 radical (unpaired) electrons. The van der Waals surface area contributed by atoms with E-state index in [0.717, 1.165) is 29.8 Å². The summed E-state index contributed by atoms with van der Waals surface area (Å²) in [5.41, 5.74) is 3.08. The molecule has 0 aliphatic carbocycles. The quantitative estimate of drug-likeness (QED) is 0.399. The maximum absolute atomic E-state index is 13.6. The highest BCUT2D eigenvalue weighted by Crippen LogP contribution is 2.28. The lowest BCUT2D eigenvalue weighted by Gasteiger charge is -2.31. The Labute approximate surface area is 199 Å². The van der Waals surface area contributed by atoms with Gasteiger partial charge in [0.1, 0.15) is 5.82 Å². The minimum atomic E-state index is -0.355. The Kier molecular flexibility index (Phi) is 6.03. The Morgan fingerprint density at radius 2 is 2.12 bits per heavy atom. The summed E-state index contributed by atoms with van der Waals surface area (Å²) < 4.78 is 20.7. The van der Waals surface area contributed by atoms with Crippen LogP contribution in [-0.4, -0.2) is 59.9 Å². The number of aryl methyl sites for hydroxylation is 2. The molecule has 9 nitrogen and oxygen atoms in total. The lowest BCUT2D eigenvalue weighted by atomic mass is 9.97. The Morgan fingerprint density at radius 3 is 2.91 bits per heavy atom. The van der Waals surface area contributed by atoms with Crippen LogP contribution >= 0.6 is 11.8 Å². The Hall–Kier alpha value is -3.34. The minimum Gasteiger partial charge on any atom is -0.342 e. The first-order valence-corrected chi connectivity index (χ1v) is 12.3. The van der Waals surface area contributed by atoms with Crippen LogP contribution in [0, 0.1) is 19.7 Å². The summed E-state index contributed by atoms with van der Waals surface area (Å²) in [7, 11) is 0. The maximum Gasteiger partial charge on any atom is 0.253 e. The highest BCUT2D eigenvalue weighted by Gasteiger charge is 2.29. The van der Waals surface area contributed by atoms with Crippen LogP contribution in [0.2, 0.25) is 0 Å². The minimum absolute atomic E-state index is 0.0205. The molecule has 1 aromatic carbocycles. The average Bonchev–Trinajstić information content (AvgIpc) is 3.49. The van der Waals surface area contributed by atoms with E-state index >= 15 is 0 Å². The third-order valence-corrected chi connectivity index (χ3v) is 6.73. The van der Waals surface area contributed by atoms with Gasteiger partial charge >= 0.3 is 0 Å². The number of thioether (sulfide) groups is 1. The average molecular weight is 482 g/mol. The summed E-state index contributed by atoms with van der Waals surface area (Å²) >= 11 is 1.45. The van der Waals surface area contributed by atoms with Crippen molar-refractivity contribution in [1.29, 1.82) is 0 Å². The topological polar surface area (TPSA) is 102 Å². The zero-order valence-corrected chi connectivity index (χ0v) is 20.0. The highest BCUT2D eigenvalue weighted by molar-refractivity contribution is 7.98. The summed E-state index contributed by atoms with van der Waals surface area (Å²) in [5.74, 6) is 0.966. The molecule has 1 amide bonds. The number of carbonyl (C=O) groups excluding carboxylic acids is 1. The summed E-state index contributed by atoms with van der Waals surface area (Å²) in [4.78, 5) is 28.5.